The Morgan fingerprint density at radius 3 is 2.90 bits per heavy atom. The van der Waals surface area contributed by atoms with Gasteiger partial charge in [0.15, 0.2) is 0 Å². The maximum absolute atomic E-state index is 12.7. The molecule has 0 bridgehead atoms. The van der Waals surface area contributed by atoms with Gasteiger partial charge in [0.25, 0.3) is 5.91 Å². The molecule has 1 amide bonds. The van der Waals surface area contributed by atoms with E-state index in [1.807, 2.05) is 50.2 Å². The van der Waals surface area contributed by atoms with E-state index in [1.165, 1.54) is 17.7 Å². The van der Waals surface area contributed by atoms with E-state index in [1.54, 1.807) is 6.21 Å². The van der Waals surface area contributed by atoms with Crippen LogP contribution < -0.4 is 15.9 Å². The van der Waals surface area contributed by atoms with Gasteiger partial charge < -0.3 is 10.5 Å². The van der Waals surface area contributed by atoms with Gasteiger partial charge >= 0.3 is 0 Å². The summed E-state index contributed by atoms with van der Waals surface area (Å²) >= 11 is 1.26. The number of nitrogens with zero attached hydrogens (tertiary/aromatic N) is 3. The zero-order valence-electron chi connectivity index (χ0n) is 16.0. The number of amides is 1. The van der Waals surface area contributed by atoms with Crippen molar-refractivity contribution < 1.29 is 9.53 Å². The molecular weight excluding hydrogens is 386 g/mol. The number of nitrogens with two attached hydrogens (primary N) is 1. The van der Waals surface area contributed by atoms with Crippen molar-refractivity contribution in [3.05, 3.63) is 58.7 Å². The minimum Gasteiger partial charge on any atom is -0.493 e. The monoisotopic (exact) mass is 405 g/mol. The fourth-order valence-electron chi connectivity index (χ4n) is 3.21. The number of carbonyl (C=O) groups excluding carboxylic acids is 1. The summed E-state index contributed by atoms with van der Waals surface area (Å²) in [6.45, 7) is 4.29. The fourth-order valence-corrected chi connectivity index (χ4v) is 4.26. The molecule has 146 valence electrons. The Morgan fingerprint density at radius 2 is 2.10 bits per heavy atom. The summed E-state index contributed by atoms with van der Waals surface area (Å²) in [7, 11) is 0. The Balaban J connectivity index is 1.64. The molecule has 0 fully saturated rings. The maximum atomic E-state index is 12.7. The Hall–Kier alpha value is -3.52. The average Bonchev–Trinajstić information content (AvgIpc) is 3.07. The van der Waals surface area contributed by atoms with Crippen LogP contribution in [0.15, 0.2) is 47.8 Å². The number of hydrazone groups is 1. The first kappa shape index (κ1) is 18.8. The van der Waals surface area contributed by atoms with Crippen molar-refractivity contribution in [1.29, 1.82) is 0 Å². The lowest BCUT2D eigenvalue weighted by atomic mass is 10.0. The first-order valence-corrected chi connectivity index (χ1v) is 9.89. The predicted molar refractivity (Wildman–Crippen MR) is 117 cm³/mol. The molecule has 3 N–H and O–H groups in total. The Kier molecular flexibility index (Phi) is 5.09. The van der Waals surface area contributed by atoms with Crippen LogP contribution in [-0.4, -0.2) is 28.7 Å². The summed E-state index contributed by atoms with van der Waals surface area (Å²) in [6.07, 6.45) is 3.01. The normalized spacial score (nSPS) is 11.4. The standard InChI is InChI=1S/C21H19N5O2S/c1-3-28-16-9-8-13-6-4-5-7-14(13)15(16)10-25-26-20(27)18-12(2)17-19(22)23-11-24-21(17)29-18/h4-11H,3H2,1-2H3,(H,26,27)(H2,22,23,24)/b25-10-. The van der Waals surface area contributed by atoms with Gasteiger partial charge in [0.2, 0.25) is 0 Å². The number of thiophene rings is 1. The highest BCUT2D eigenvalue weighted by molar-refractivity contribution is 7.20. The number of ether oxygens (including phenoxy) is 1. The highest BCUT2D eigenvalue weighted by Crippen LogP contribution is 2.32. The lowest BCUT2D eigenvalue weighted by Gasteiger charge is -2.10. The van der Waals surface area contributed by atoms with Crippen LogP contribution in [0.1, 0.15) is 27.7 Å². The van der Waals surface area contributed by atoms with Crippen molar-refractivity contribution in [2.24, 2.45) is 5.10 Å². The smallest absolute Gasteiger partial charge is 0.281 e. The van der Waals surface area contributed by atoms with Gasteiger partial charge in [-0.3, -0.25) is 4.79 Å². The quantitative estimate of drug-likeness (QED) is 0.387. The number of aryl methyl sites for hydroxylation is 1. The van der Waals surface area contributed by atoms with E-state index in [-0.39, 0.29) is 5.91 Å². The molecule has 2 aromatic heterocycles. The van der Waals surface area contributed by atoms with Crippen molar-refractivity contribution in [3.63, 3.8) is 0 Å². The minimum atomic E-state index is -0.320. The van der Waals surface area contributed by atoms with Gasteiger partial charge in [0.05, 0.1) is 23.1 Å². The Morgan fingerprint density at radius 1 is 1.28 bits per heavy atom. The van der Waals surface area contributed by atoms with Gasteiger partial charge in [-0.1, -0.05) is 30.3 Å². The number of hydrogen-bond acceptors (Lipinski definition) is 7. The second-order valence-corrected chi connectivity index (χ2v) is 7.32. The SMILES string of the molecule is CCOc1ccc2ccccc2c1/C=N\NC(=O)c1sc2ncnc(N)c2c1C. The topological polar surface area (TPSA) is 102 Å². The van der Waals surface area contributed by atoms with Crippen LogP contribution in [-0.2, 0) is 0 Å². The van der Waals surface area contributed by atoms with Gasteiger partial charge in [-0.2, -0.15) is 5.10 Å². The van der Waals surface area contributed by atoms with Crippen molar-refractivity contribution in [1.82, 2.24) is 15.4 Å². The first-order chi connectivity index (χ1) is 14.1. The maximum Gasteiger partial charge on any atom is 0.281 e. The summed E-state index contributed by atoms with van der Waals surface area (Å²) in [5, 5.41) is 6.95. The van der Waals surface area contributed by atoms with Crippen LogP contribution in [0.5, 0.6) is 5.75 Å². The molecule has 7 nitrogen and oxygen atoms in total. The zero-order chi connectivity index (χ0) is 20.4. The summed E-state index contributed by atoms with van der Waals surface area (Å²) in [6, 6.07) is 11.9. The van der Waals surface area contributed by atoms with E-state index in [0.717, 1.165) is 21.9 Å². The van der Waals surface area contributed by atoms with Crippen molar-refractivity contribution in [2.45, 2.75) is 13.8 Å². The number of rotatable bonds is 5. The van der Waals surface area contributed by atoms with Crippen LogP contribution in [0, 0.1) is 6.92 Å². The van der Waals surface area contributed by atoms with Crippen LogP contribution in [0.25, 0.3) is 21.0 Å². The van der Waals surface area contributed by atoms with Gasteiger partial charge in [-0.25, -0.2) is 15.4 Å². The lowest BCUT2D eigenvalue weighted by Crippen LogP contribution is -2.17. The second kappa shape index (κ2) is 7.84. The van der Waals surface area contributed by atoms with Crippen molar-refractivity contribution in [3.8, 4) is 5.75 Å². The number of carbonyl (C=O) groups is 1. The third-order valence-electron chi connectivity index (χ3n) is 4.55. The summed E-state index contributed by atoms with van der Waals surface area (Å²) in [5.41, 5.74) is 10.1. The third-order valence-corrected chi connectivity index (χ3v) is 5.75. The molecule has 0 aliphatic rings. The van der Waals surface area contributed by atoms with Crippen LogP contribution in [0.2, 0.25) is 0 Å². The summed E-state index contributed by atoms with van der Waals surface area (Å²) < 4.78 is 5.73. The lowest BCUT2D eigenvalue weighted by molar-refractivity contribution is 0.0958. The number of aromatic nitrogens is 2. The zero-order valence-corrected chi connectivity index (χ0v) is 16.8. The van der Waals surface area contributed by atoms with E-state index < -0.39 is 0 Å². The van der Waals surface area contributed by atoms with E-state index in [9.17, 15) is 4.79 Å². The number of anilines is 1. The molecular formula is C21H19N5O2S. The molecule has 0 saturated carbocycles. The molecule has 0 aliphatic carbocycles. The molecule has 0 spiro atoms. The molecule has 0 aliphatic heterocycles. The molecule has 2 heterocycles. The largest absolute Gasteiger partial charge is 0.493 e. The Labute approximate surface area is 171 Å². The van der Waals surface area contributed by atoms with Crippen LogP contribution in [0.4, 0.5) is 5.82 Å². The number of nitrogen functional groups attached to an aromatic ring is 1. The highest BCUT2D eigenvalue weighted by atomic mass is 32.1. The van der Waals surface area contributed by atoms with Gasteiger partial charge in [-0.15, -0.1) is 11.3 Å². The van der Waals surface area contributed by atoms with E-state index in [4.69, 9.17) is 10.5 Å². The second-order valence-electron chi connectivity index (χ2n) is 6.33. The summed E-state index contributed by atoms with van der Waals surface area (Å²) in [4.78, 5) is 22.0. The highest BCUT2D eigenvalue weighted by Gasteiger charge is 2.18. The van der Waals surface area contributed by atoms with Crippen molar-refractivity contribution >= 4 is 50.3 Å². The van der Waals surface area contributed by atoms with Crippen LogP contribution in [0.3, 0.4) is 0 Å². The van der Waals surface area contributed by atoms with E-state index in [2.05, 4.69) is 20.5 Å². The van der Waals surface area contributed by atoms with Crippen LogP contribution >= 0.6 is 11.3 Å². The molecule has 0 radical (unpaired) electrons. The molecule has 0 atom stereocenters. The summed E-state index contributed by atoms with van der Waals surface area (Å²) in [5.74, 6) is 0.757. The van der Waals surface area contributed by atoms with Gasteiger partial charge in [0.1, 0.15) is 22.7 Å². The molecule has 4 aromatic rings. The third kappa shape index (κ3) is 3.50. The molecule has 2 aromatic carbocycles. The van der Waals surface area contributed by atoms with E-state index >= 15 is 0 Å². The Bertz CT molecular complexity index is 1250. The van der Waals surface area contributed by atoms with E-state index in [0.29, 0.717) is 33.3 Å². The van der Waals surface area contributed by atoms with Crippen molar-refractivity contribution in [2.75, 3.05) is 12.3 Å². The number of nitrogens with one attached hydrogen (secondary N) is 1. The number of benzene rings is 2. The fraction of sp³-hybridized carbons (Fsp3) is 0.143. The van der Waals surface area contributed by atoms with Gasteiger partial charge in [0, 0.05) is 5.56 Å². The average molecular weight is 405 g/mol. The number of fused-ring (bicyclic) bond motifs is 2. The molecule has 0 unspecified atom stereocenters. The molecule has 29 heavy (non-hydrogen) atoms. The molecule has 4 rings (SSSR count). The van der Waals surface area contributed by atoms with Gasteiger partial charge in [-0.05, 0) is 36.2 Å². The predicted octanol–water partition coefficient (Wildman–Crippen LogP) is 3.90. The molecule has 8 heteroatoms. The first-order valence-electron chi connectivity index (χ1n) is 9.07. The number of hydrogen-bond donors (Lipinski definition) is 2. The molecule has 0 saturated heterocycles. The minimum absolute atomic E-state index is 0.320.